The highest BCUT2D eigenvalue weighted by molar-refractivity contribution is 5.17. The molecule has 0 bridgehead atoms. The van der Waals surface area contributed by atoms with E-state index in [1.807, 2.05) is 6.08 Å². The molecule has 0 aliphatic carbocycles. The molecule has 0 heterocycles. The molecule has 0 fully saturated rings. The van der Waals surface area contributed by atoms with E-state index in [0.29, 0.717) is 0 Å². The van der Waals surface area contributed by atoms with E-state index in [4.69, 9.17) is 0 Å². The summed E-state index contributed by atoms with van der Waals surface area (Å²) in [5.41, 5.74) is 2.95. The lowest BCUT2D eigenvalue weighted by atomic mass is 10.1. The summed E-state index contributed by atoms with van der Waals surface area (Å²) in [4.78, 5) is 0. The minimum absolute atomic E-state index is 1.06. The molecule has 1 heteroatoms. The summed E-state index contributed by atoms with van der Waals surface area (Å²) >= 11 is 0. The zero-order valence-electron chi connectivity index (χ0n) is 19.5. The van der Waals surface area contributed by atoms with Gasteiger partial charge in [0.2, 0.25) is 0 Å². The molecule has 0 aromatic heterocycles. The highest BCUT2D eigenvalue weighted by Gasteiger charge is 2.21. The maximum Gasteiger partial charge on any atom is 0.0786 e. The van der Waals surface area contributed by atoms with Crippen molar-refractivity contribution in [1.82, 2.24) is 0 Å². The van der Waals surface area contributed by atoms with Crippen LogP contribution in [0.15, 0.2) is 36.0 Å². The summed E-state index contributed by atoms with van der Waals surface area (Å²) in [6, 6.07) is 0. The molecule has 0 aliphatic heterocycles. The van der Waals surface area contributed by atoms with E-state index in [1.165, 1.54) is 94.0 Å². The molecule has 0 aromatic rings. The molecule has 1 nitrogen and oxygen atoms in total. The van der Waals surface area contributed by atoms with E-state index in [9.17, 15) is 0 Å². The Labute approximate surface area is 172 Å². The summed E-state index contributed by atoms with van der Waals surface area (Å²) in [7, 11) is 0. The fraction of sp³-hybridized carbons (Fsp3) is 0.769. The molecular formula is C26H50N+. The number of hydrogen-bond acceptors (Lipinski definition) is 0. The standard InChI is InChI=1S/C26H50N/c1-7-12-13-14-16-23-27(10-4,11-5)24-17-15-20-25(6)21-18-22-26(9-3)19-8-2/h9,21-22H,3,7-8,10-20,23-24H2,1-2,4-6H3/q+1/b25-21+,26-22+. The van der Waals surface area contributed by atoms with Crippen molar-refractivity contribution in [3.05, 3.63) is 36.0 Å². The van der Waals surface area contributed by atoms with Gasteiger partial charge < -0.3 is 4.48 Å². The molecule has 0 N–H and O–H groups in total. The molecule has 158 valence electrons. The largest absolute Gasteiger partial charge is 0.324 e. The molecule has 0 radical (unpaired) electrons. The summed E-state index contributed by atoms with van der Waals surface area (Å²) in [6.45, 7) is 20.9. The Bertz CT molecular complexity index is 412. The van der Waals surface area contributed by atoms with Gasteiger partial charge >= 0.3 is 0 Å². The van der Waals surface area contributed by atoms with E-state index in [0.717, 1.165) is 12.8 Å². The minimum atomic E-state index is 1.06. The van der Waals surface area contributed by atoms with E-state index in [-0.39, 0.29) is 0 Å². The monoisotopic (exact) mass is 376 g/mol. The first kappa shape index (κ1) is 26.2. The lowest BCUT2D eigenvalue weighted by Gasteiger charge is -2.37. The lowest BCUT2D eigenvalue weighted by Crippen LogP contribution is -2.49. The fourth-order valence-electron chi connectivity index (χ4n) is 3.96. The van der Waals surface area contributed by atoms with Crippen LogP contribution in [0.2, 0.25) is 0 Å². The van der Waals surface area contributed by atoms with Crippen molar-refractivity contribution in [3.8, 4) is 0 Å². The van der Waals surface area contributed by atoms with Gasteiger partial charge in [0.25, 0.3) is 0 Å². The number of rotatable bonds is 18. The van der Waals surface area contributed by atoms with Gasteiger partial charge in [0.05, 0.1) is 26.2 Å². The van der Waals surface area contributed by atoms with Crippen LogP contribution in [0.4, 0.5) is 0 Å². The van der Waals surface area contributed by atoms with Crippen molar-refractivity contribution in [1.29, 1.82) is 0 Å². The molecule has 0 aromatic carbocycles. The number of nitrogens with zero attached hydrogens (tertiary/aromatic N) is 1. The van der Waals surface area contributed by atoms with Crippen LogP contribution < -0.4 is 0 Å². The molecular weight excluding hydrogens is 326 g/mol. The van der Waals surface area contributed by atoms with Crippen LogP contribution in [-0.4, -0.2) is 30.7 Å². The van der Waals surface area contributed by atoms with Crippen LogP contribution in [-0.2, 0) is 0 Å². The maximum absolute atomic E-state index is 3.92. The Balaban J connectivity index is 4.20. The quantitative estimate of drug-likeness (QED) is 0.0977. The molecule has 0 amide bonds. The highest BCUT2D eigenvalue weighted by Crippen LogP contribution is 2.16. The second kappa shape index (κ2) is 17.3. The van der Waals surface area contributed by atoms with E-state index >= 15 is 0 Å². The van der Waals surface area contributed by atoms with Gasteiger partial charge in [-0.05, 0) is 65.7 Å². The normalized spacial score (nSPS) is 13.2. The van der Waals surface area contributed by atoms with Crippen LogP contribution in [0.25, 0.3) is 0 Å². The maximum atomic E-state index is 3.92. The van der Waals surface area contributed by atoms with Crippen molar-refractivity contribution in [2.45, 2.75) is 105 Å². The SMILES string of the molecule is C=C/C(=C\C/C=C(\C)CCCC[N+](CC)(CC)CCCCCCC)CCC. The first-order valence-electron chi connectivity index (χ1n) is 11.9. The predicted molar refractivity (Wildman–Crippen MR) is 125 cm³/mol. The van der Waals surface area contributed by atoms with E-state index < -0.39 is 0 Å². The first-order valence-corrected chi connectivity index (χ1v) is 11.9. The van der Waals surface area contributed by atoms with Gasteiger partial charge in [-0.25, -0.2) is 0 Å². The third-order valence-corrected chi connectivity index (χ3v) is 6.18. The predicted octanol–water partition coefficient (Wildman–Crippen LogP) is 8.23. The zero-order valence-corrected chi connectivity index (χ0v) is 19.5. The molecule has 0 saturated carbocycles. The van der Waals surface area contributed by atoms with Crippen LogP contribution in [0.3, 0.4) is 0 Å². The second-order valence-corrected chi connectivity index (χ2v) is 8.31. The average Bonchev–Trinajstić information content (AvgIpc) is 2.69. The van der Waals surface area contributed by atoms with Crippen molar-refractivity contribution < 1.29 is 4.48 Å². The van der Waals surface area contributed by atoms with Gasteiger partial charge in [0.15, 0.2) is 0 Å². The van der Waals surface area contributed by atoms with Crippen LogP contribution in [0.1, 0.15) is 105 Å². The van der Waals surface area contributed by atoms with Crippen LogP contribution >= 0.6 is 0 Å². The van der Waals surface area contributed by atoms with Crippen molar-refractivity contribution in [2.24, 2.45) is 0 Å². The number of unbranched alkanes of at least 4 members (excludes halogenated alkanes) is 5. The Kier molecular flexibility index (Phi) is 16.8. The third-order valence-electron chi connectivity index (χ3n) is 6.18. The molecule has 0 atom stereocenters. The number of hydrogen-bond donors (Lipinski definition) is 0. The van der Waals surface area contributed by atoms with E-state index in [2.05, 4.69) is 53.3 Å². The van der Waals surface area contributed by atoms with Gasteiger partial charge in [0, 0.05) is 0 Å². The Hall–Kier alpha value is -0.820. The molecule has 0 aliphatic rings. The van der Waals surface area contributed by atoms with Crippen molar-refractivity contribution in [3.63, 3.8) is 0 Å². The van der Waals surface area contributed by atoms with Gasteiger partial charge in [-0.2, -0.15) is 0 Å². The molecule has 0 rings (SSSR count). The van der Waals surface area contributed by atoms with E-state index in [1.54, 1.807) is 5.57 Å². The minimum Gasteiger partial charge on any atom is -0.324 e. The van der Waals surface area contributed by atoms with Gasteiger partial charge in [-0.15, -0.1) is 0 Å². The zero-order chi connectivity index (χ0) is 20.4. The molecule has 0 saturated heterocycles. The van der Waals surface area contributed by atoms with Crippen LogP contribution in [0.5, 0.6) is 0 Å². The van der Waals surface area contributed by atoms with Crippen LogP contribution in [0, 0.1) is 0 Å². The summed E-state index contributed by atoms with van der Waals surface area (Å²) in [5, 5.41) is 0. The highest BCUT2D eigenvalue weighted by atomic mass is 15.3. The second-order valence-electron chi connectivity index (χ2n) is 8.31. The number of allylic oxidation sites excluding steroid dienone is 5. The summed E-state index contributed by atoms with van der Waals surface area (Å²) in [5.74, 6) is 0. The Morgan fingerprint density at radius 2 is 1.37 bits per heavy atom. The van der Waals surface area contributed by atoms with Gasteiger partial charge in [0.1, 0.15) is 0 Å². The lowest BCUT2D eigenvalue weighted by molar-refractivity contribution is -0.925. The van der Waals surface area contributed by atoms with Gasteiger partial charge in [-0.3, -0.25) is 0 Å². The molecule has 27 heavy (non-hydrogen) atoms. The fourth-order valence-corrected chi connectivity index (χ4v) is 3.96. The summed E-state index contributed by atoms with van der Waals surface area (Å²) < 4.78 is 1.33. The topological polar surface area (TPSA) is 0 Å². The third kappa shape index (κ3) is 13.1. The Morgan fingerprint density at radius 1 is 0.741 bits per heavy atom. The smallest absolute Gasteiger partial charge is 0.0786 e. The molecule has 0 unspecified atom stereocenters. The Morgan fingerprint density at radius 3 is 1.93 bits per heavy atom. The molecule has 0 spiro atoms. The number of quaternary nitrogens is 1. The summed E-state index contributed by atoms with van der Waals surface area (Å²) in [6.07, 6.45) is 21.2. The van der Waals surface area contributed by atoms with Gasteiger partial charge in [-0.1, -0.05) is 75.5 Å². The first-order chi connectivity index (χ1) is 13.1. The van der Waals surface area contributed by atoms with Crippen molar-refractivity contribution >= 4 is 0 Å². The average molecular weight is 377 g/mol. The van der Waals surface area contributed by atoms with Crippen molar-refractivity contribution in [2.75, 3.05) is 26.2 Å².